The zero-order valence-corrected chi connectivity index (χ0v) is 9.34. The van der Waals surface area contributed by atoms with E-state index in [9.17, 15) is 13.2 Å². The Morgan fingerprint density at radius 1 is 1.28 bits per heavy atom. The molecule has 1 aromatic rings. The highest BCUT2D eigenvalue weighted by atomic mass is 35.5. The van der Waals surface area contributed by atoms with Gasteiger partial charge in [-0.15, -0.1) is 0 Å². The molecule has 0 aliphatic heterocycles. The molecule has 0 aliphatic rings. The van der Waals surface area contributed by atoms with Gasteiger partial charge in [-0.3, -0.25) is 5.43 Å². The van der Waals surface area contributed by atoms with Crippen molar-refractivity contribution in [3.05, 3.63) is 28.8 Å². The van der Waals surface area contributed by atoms with Crippen LogP contribution in [0.4, 0.5) is 18.9 Å². The summed E-state index contributed by atoms with van der Waals surface area (Å²) in [6, 6.07) is 5.83. The van der Waals surface area contributed by atoms with Gasteiger partial charge in [0.05, 0.1) is 11.3 Å². The van der Waals surface area contributed by atoms with Crippen LogP contribution in [0.15, 0.2) is 23.3 Å². The highest BCUT2D eigenvalue weighted by Gasteiger charge is 2.33. The summed E-state index contributed by atoms with van der Waals surface area (Å²) in [7, 11) is 0. The Labute approximate surface area is 105 Å². The van der Waals surface area contributed by atoms with E-state index in [4.69, 9.17) is 22.1 Å². The molecule has 0 amide bonds. The third-order valence-electron chi connectivity index (χ3n) is 1.79. The summed E-state index contributed by atoms with van der Waals surface area (Å²) in [5.41, 5.74) is 0.00120. The number of hydrogen-bond donors (Lipinski definition) is 1. The summed E-state index contributed by atoms with van der Waals surface area (Å²) in [6.45, 7) is 0. The molecule has 18 heavy (non-hydrogen) atoms. The van der Waals surface area contributed by atoms with Crippen molar-refractivity contribution in [2.75, 3.05) is 5.43 Å². The molecule has 0 heterocycles. The fourth-order valence-corrected chi connectivity index (χ4v) is 1.21. The summed E-state index contributed by atoms with van der Waals surface area (Å²) in [5, 5.41) is 19.9. The summed E-state index contributed by atoms with van der Waals surface area (Å²) in [5.74, 6) is 0. The third-order valence-corrected chi connectivity index (χ3v) is 2.02. The van der Waals surface area contributed by atoms with Gasteiger partial charge in [-0.1, -0.05) is 11.6 Å². The largest absolute Gasteiger partial charge is 0.418 e. The van der Waals surface area contributed by atoms with Crippen LogP contribution in [0.3, 0.4) is 0 Å². The number of hydrogen-bond acceptors (Lipinski definition) is 4. The normalized spacial score (nSPS) is 10.1. The molecule has 0 spiro atoms. The molecular weight excluding hydrogens is 269 g/mol. The monoisotopic (exact) mass is 272 g/mol. The number of nitrogens with zero attached hydrogens (tertiary/aromatic N) is 3. The molecule has 1 rings (SSSR count). The smallest absolute Gasteiger partial charge is 0.276 e. The van der Waals surface area contributed by atoms with Crippen LogP contribution in [0.5, 0.6) is 0 Å². The molecule has 0 saturated carbocycles. The zero-order valence-electron chi connectivity index (χ0n) is 8.59. The van der Waals surface area contributed by atoms with Crippen molar-refractivity contribution >= 4 is 23.0 Å². The number of benzene rings is 1. The van der Waals surface area contributed by atoms with E-state index in [2.05, 4.69) is 5.10 Å². The number of alkyl halides is 3. The minimum Gasteiger partial charge on any atom is -0.276 e. The average Bonchev–Trinajstić information content (AvgIpc) is 2.30. The van der Waals surface area contributed by atoms with Crippen LogP contribution < -0.4 is 5.43 Å². The summed E-state index contributed by atoms with van der Waals surface area (Å²) in [4.78, 5) is 0. The van der Waals surface area contributed by atoms with Crippen molar-refractivity contribution < 1.29 is 13.2 Å². The van der Waals surface area contributed by atoms with E-state index >= 15 is 0 Å². The van der Waals surface area contributed by atoms with E-state index in [1.807, 2.05) is 5.43 Å². The number of nitriles is 2. The Morgan fingerprint density at radius 3 is 2.39 bits per heavy atom. The lowest BCUT2D eigenvalue weighted by molar-refractivity contribution is -0.136. The lowest BCUT2D eigenvalue weighted by Gasteiger charge is -2.12. The van der Waals surface area contributed by atoms with E-state index in [-0.39, 0.29) is 5.02 Å². The van der Waals surface area contributed by atoms with Crippen LogP contribution in [-0.4, -0.2) is 5.71 Å². The minimum atomic E-state index is -4.62. The predicted molar refractivity (Wildman–Crippen MR) is 58.7 cm³/mol. The number of nitrogens with one attached hydrogen (secondary N) is 1. The molecule has 0 fully saturated rings. The number of halogens is 4. The topological polar surface area (TPSA) is 72.0 Å². The Kier molecular flexibility index (Phi) is 4.13. The van der Waals surface area contributed by atoms with Gasteiger partial charge in [-0.25, -0.2) is 0 Å². The molecule has 0 radical (unpaired) electrons. The quantitative estimate of drug-likeness (QED) is 0.664. The molecule has 0 aliphatic carbocycles. The van der Waals surface area contributed by atoms with E-state index in [0.29, 0.717) is 0 Å². The Hall–Kier alpha value is -2.25. The Bertz CT molecular complexity index is 550. The molecule has 0 bridgehead atoms. The van der Waals surface area contributed by atoms with E-state index in [1.165, 1.54) is 18.2 Å². The predicted octanol–water partition coefficient (Wildman–Crippen LogP) is 3.17. The van der Waals surface area contributed by atoms with Gasteiger partial charge in [-0.05, 0) is 18.2 Å². The van der Waals surface area contributed by atoms with Crippen molar-refractivity contribution in [1.82, 2.24) is 0 Å². The van der Waals surface area contributed by atoms with Crippen LogP contribution in [0.1, 0.15) is 5.56 Å². The fraction of sp³-hybridized carbons (Fsp3) is 0.100. The molecule has 0 saturated heterocycles. The first-order valence-corrected chi connectivity index (χ1v) is 4.77. The fourth-order valence-electron chi connectivity index (χ4n) is 1.04. The van der Waals surface area contributed by atoms with Crippen LogP contribution >= 0.6 is 11.6 Å². The maximum Gasteiger partial charge on any atom is 0.418 e. The molecule has 1 aromatic carbocycles. The molecule has 92 valence electrons. The van der Waals surface area contributed by atoms with Crippen molar-refractivity contribution in [3.63, 3.8) is 0 Å². The molecule has 4 nitrogen and oxygen atoms in total. The maximum absolute atomic E-state index is 12.6. The second-order valence-corrected chi connectivity index (χ2v) is 3.42. The van der Waals surface area contributed by atoms with Gasteiger partial charge in [0.15, 0.2) is 0 Å². The summed E-state index contributed by atoms with van der Waals surface area (Å²) >= 11 is 5.47. The number of rotatable bonds is 2. The van der Waals surface area contributed by atoms with Crippen molar-refractivity contribution in [1.29, 1.82) is 10.5 Å². The standard InChI is InChI=1S/C10H4ClF3N4/c11-6-1-2-9(8(3-6)10(12,13)14)18-17-7(4-15)5-16/h1-3,18H. The second kappa shape index (κ2) is 5.39. The van der Waals surface area contributed by atoms with Crippen molar-refractivity contribution in [2.45, 2.75) is 6.18 Å². The first kappa shape index (κ1) is 13.8. The Balaban J connectivity index is 3.16. The van der Waals surface area contributed by atoms with Crippen molar-refractivity contribution in [2.24, 2.45) is 5.10 Å². The van der Waals surface area contributed by atoms with Crippen LogP contribution in [0.25, 0.3) is 0 Å². The molecule has 0 unspecified atom stereocenters. The molecule has 0 atom stereocenters. The van der Waals surface area contributed by atoms with E-state index in [0.717, 1.165) is 12.1 Å². The van der Waals surface area contributed by atoms with Gasteiger partial charge in [0.1, 0.15) is 12.1 Å². The SMILES string of the molecule is N#CC(C#N)=NNc1ccc(Cl)cc1C(F)(F)F. The Morgan fingerprint density at radius 2 is 1.89 bits per heavy atom. The molecule has 8 heteroatoms. The lowest BCUT2D eigenvalue weighted by Crippen LogP contribution is -2.09. The highest BCUT2D eigenvalue weighted by molar-refractivity contribution is 6.30. The van der Waals surface area contributed by atoms with Gasteiger partial charge < -0.3 is 0 Å². The highest BCUT2D eigenvalue weighted by Crippen LogP contribution is 2.36. The van der Waals surface area contributed by atoms with Gasteiger partial charge in [0, 0.05) is 5.02 Å². The summed E-state index contributed by atoms with van der Waals surface area (Å²) < 4.78 is 37.9. The van der Waals surface area contributed by atoms with E-state index in [1.54, 1.807) is 0 Å². The minimum absolute atomic E-state index is 0.0855. The van der Waals surface area contributed by atoms with Crippen molar-refractivity contribution in [3.8, 4) is 12.1 Å². The maximum atomic E-state index is 12.6. The number of anilines is 1. The van der Waals surface area contributed by atoms with Crippen LogP contribution in [0, 0.1) is 22.7 Å². The third kappa shape index (κ3) is 3.37. The lowest BCUT2D eigenvalue weighted by atomic mass is 10.2. The summed E-state index contributed by atoms with van der Waals surface area (Å²) in [6.07, 6.45) is -4.62. The second-order valence-electron chi connectivity index (χ2n) is 2.98. The van der Waals surface area contributed by atoms with Crippen LogP contribution in [-0.2, 0) is 6.18 Å². The van der Waals surface area contributed by atoms with Crippen LogP contribution in [0.2, 0.25) is 5.02 Å². The van der Waals surface area contributed by atoms with Gasteiger partial charge >= 0.3 is 6.18 Å². The number of hydrazone groups is 1. The molecule has 1 N–H and O–H groups in total. The zero-order chi connectivity index (χ0) is 13.8. The van der Waals surface area contributed by atoms with Gasteiger partial charge in [0.2, 0.25) is 5.71 Å². The molecule has 0 aromatic heterocycles. The first-order valence-electron chi connectivity index (χ1n) is 4.39. The van der Waals surface area contributed by atoms with E-state index < -0.39 is 23.1 Å². The van der Waals surface area contributed by atoms with Gasteiger partial charge in [0.25, 0.3) is 0 Å². The molecular formula is C10H4ClF3N4. The van der Waals surface area contributed by atoms with Gasteiger partial charge in [-0.2, -0.15) is 28.8 Å². The first-order chi connectivity index (χ1) is 8.38. The average molecular weight is 273 g/mol.